The van der Waals surface area contributed by atoms with E-state index >= 15 is 9.59 Å². The molecule has 24 nitrogen and oxygen atoms in total. The summed E-state index contributed by atoms with van der Waals surface area (Å²) in [6.45, 7) is 31.3. The number of nitrogens with zero attached hydrogens (tertiary/aromatic N) is 7. The van der Waals surface area contributed by atoms with Crippen molar-refractivity contribution in [1.82, 2.24) is 55.6 Å². The Balaban J connectivity index is 0.00000409. The van der Waals surface area contributed by atoms with Crippen LogP contribution in [0.25, 0.3) is 0 Å². The molecule has 1 aromatic rings. The maximum atomic E-state index is 15.1. The Labute approximate surface area is 568 Å². The molecule has 1 aliphatic heterocycles. The average molecular weight is 1340 g/mol. The normalized spacial score (nSPS) is 25.4. The number of nitrogens with one attached hydrogen (secondary N) is 4. The summed E-state index contributed by atoms with van der Waals surface area (Å²) in [4.78, 5) is 169. The topological polar surface area (TPSA) is 299 Å². The number of amides is 11. The molecule has 24 heteroatoms. The van der Waals surface area contributed by atoms with Crippen LogP contribution in [0.1, 0.15) is 181 Å². The lowest BCUT2D eigenvalue weighted by Gasteiger charge is -2.41. The fraction of sp³-hybridized carbons (Fsp3) is 0.732. The Morgan fingerprint density at radius 1 is 0.474 bits per heavy atom. The minimum atomic E-state index is -1.61. The molecule has 2 rings (SSSR count). The van der Waals surface area contributed by atoms with Gasteiger partial charge in [-0.25, -0.2) is 0 Å². The number of aliphatic hydroxyl groups is 2. The van der Waals surface area contributed by atoms with Crippen molar-refractivity contribution in [3.63, 3.8) is 0 Å². The molecule has 0 radical (unpaired) electrons. The van der Waals surface area contributed by atoms with Crippen LogP contribution in [0, 0.1) is 41.4 Å². The van der Waals surface area contributed by atoms with Crippen molar-refractivity contribution in [2.75, 3.05) is 55.9 Å². The molecule has 1 fully saturated rings. The molecule has 95 heavy (non-hydrogen) atoms. The summed E-state index contributed by atoms with van der Waals surface area (Å²) < 4.78 is 0. The number of benzene rings is 1. The second-order valence-electron chi connectivity index (χ2n) is 28.4. The number of carbonyl (C=O) groups is 11. The fourth-order valence-corrected chi connectivity index (χ4v) is 11.6. The van der Waals surface area contributed by atoms with Crippen molar-refractivity contribution in [2.24, 2.45) is 41.4 Å². The van der Waals surface area contributed by atoms with E-state index in [1.54, 1.807) is 54.5 Å². The van der Waals surface area contributed by atoms with Crippen molar-refractivity contribution < 1.29 is 63.0 Å². The van der Waals surface area contributed by atoms with Crippen LogP contribution in [0.15, 0.2) is 42.5 Å². The highest BCUT2D eigenvalue weighted by Crippen LogP contribution is 2.26. The third kappa shape index (κ3) is 25.5. The monoisotopic (exact) mass is 1340 g/mol. The summed E-state index contributed by atoms with van der Waals surface area (Å²) >= 11 is 0. The quantitative estimate of drug-likeness (QED) is 0.107. The number of carbonyl (C=O) groups excluding carboxylic acids is 11. The summed E-state index contributed by atoms with van der Waals surface area (Å²) in [5, 5.41) is 32.4. The van der Waals surface area contributed by atoms with Gasteiger partial charge in [0.15, 0.2) is 0 Å². The van der Waals surface area contributed by atoms with E-state index in [1.165, 1.54) is 87.7 Å². The highest BCUT2D eigenvalue weighted by molar-refractivity contribution is 5.99. The second kappa shape index (κ2) is 40.6. The van der Waals surface area contributed by atoms with Crippen LogP contribution in [0.4, 0.5) is 0 Å². The van der Waals surface area contributed by atoms with Crippen molar-refractivity contribution >= 4 is 65.0 Å². The third-order valence-corrected chi connectivity index (χ3v) is 17.6. The minimum absolute atomic E-state index is 0.0229. The Kier molecular flexibility index (Phi) is 36.8. The van der Waals surface area contributed by atoms with Gasteiger partial charge >= 0.3 is 0 Å². The van der Waals surface area contributed by atoms with Gasteiger partial charge in [-0.2, -0.15) is 0 Å². The van der Waals surface area contributed by atoms with Gasteiger partial charge in [0, 0.05) is 49.3 Å². The van der Waals surface area contributed by atoms with Gasteiger partial charge in [0.05, 0.1) is 18.8 Å². The summed E-state index contributed by atoms with van der Waals surface area (Å²) in [5.74, 6) is -9.71. The Hall–Kier alpha value is -6.95. The van der Waals surface area contributed by atoms with Gasteiger partial charge in [0.1, 0.15) is 60.4 Å². The van der Waals surface area contributed by atoms with Gasteiger partial charge in [-0.05, 0) is 113 Å². The molecule has 1 aromatic carbocycles. The van der Waals surface area contributed by atoms with E-state index in [-0.39, 0.29) is 61.9 Å². The molecular formula is C71H123N11O13. The third-order valence-electron chi connectivity index (χ3n) is 17.6. The molecule has 1 unspecified atom stereocenters. The standard InChI is InChI=1S/C62H111N11O12.C9H12O/c1-25-27-28-40(15)52(75)51-56(79)65-43(26-2)58(81)67(18)33-48(74)68(19)44(29-34(3)4)55(78)66-49(38(11)12)61(84)69(20)45(30-35(5)6)54(77)63-41(16)53(76)64-42(17)57(80)70(21)46(31-36(7)8)59(82)71(22)47(32-37(9)10)60(83)72(23)50(39(13)14)62(85)73(51)24;1-2-9(10)8-6-4-3-5-7-8/h25,27,34-47,49-52,75H,26,28-33H2,1-24H3,(H,63,77)(H,64,76)(H,65,79)(H,66,78);3-7,9-10H,2H2,1H3/b27-25+;/t40-,41+,42-,43+,44+,45+,46+,47+,49+,50+,51+,52-;/m1./s1. The molecule has 0 aromatic heterocycles. The van der Waals surface area contributed by atoms with E-state index in [4.69, 9.17) is 0 Å². The summed E-state index contributed by atoms with van der Waals surface area (Å²) in [5.41, 5.74) is 1.00. The van der Waals surface area contributed by atoms with Crippen molar-refractivity contribution in [1.29, 1.82) is 0 Å². The summed E-state index contributed by atoms with van der Waals surface area (Å²) in [6, 6.07) is -2.62. The maximum absolute atomic E-state index is 15.1. The van der Waals surface area contributed by atoms with E-state index in [9.17, 15) is 53.4 Å². The van der Waals surface area contributed by atoms with Crippen LogP contribution in [-0.2, 0) is 52.7 Å². The molecule has 1 aliphatic rings. The van der Waals surface area contributed by atoms with Gasteiger partial charge in [0.2, 0.25) is 65.0 Å². The smallest absolute Gasteiger partial charge is 0.246 e. The highest BCUT2D eigenvalue weighted by atomic mass is 16.3. The molecule has 0 saturated carbocycles. The summed E-state index contributed by atoms with van der Waals surface area (Å²) in [6.07, 6.45) is 3.53. The van der Waals surface area contributed by atoms with Crippen LogP contribution in [0.3, 0.4) is 0 Å². The first-order chi connectivity index (χ1) is 44.1. The Morgan fingerprint density at radius 2 is 0.905 bits per heavy atom. The van der Waals surface area contributed by atoms with Gasteiger partial charge in [-0.15, -0.1) is 0 Å². The minimum Gasteiger partial charge on any atom is -0.390 e. The van der Waals surface area contributed by atoms with Gasteiger partial charge < -0.3 is 65.8 Å². The number of aliphatic hydroxyl groups excluding tert-OH is 2. The predicted octanol–water partition coefficient (Wildman–Crippen LogP) is 5.40. The molecule has 0 aliphatic carbocycles. The molecule has 1 saturated heterocycles. The maximum Gasteiger partial charge on any atom is 0.246 e. The first-order valence-corrected chi connectivity index (χ1v) is 34.1. The molecule has 0 spiro atoms. The molecule has 11 amide bonds. The van der Waals surface area contributed by atoms with E-state index in [2.05, 4.69) is 21.3 Å². The lowest BCUT2D eigenvalue weighted by molar-refractivity contribution is -0.157. The Bertz CT molecular complexity index is 2710. The van der Waals surface area contributed by atoms with Crippen molar-refractivity contribution in [3.05, 3.63) is 48.0 Å². The molecular weight excluding hydrogens is 1210 g/mol. The number of allylic oxidation sites excluding steroid dienone is 2. The van der Waals surface area contributed by atoms with Gasteiger partial charge in [0.25, 0.3) is 0 Å². The first kappa shape index (κ1) is 86.1. The lowest BCUT2D eigenvalue weighted by atomic mass is 9.91. The van der Waals surface area contributed by atoms with E-state index in [1.807, 2.05) is 98.7 Å². The zero-order valence-electron chi connectivity index (χ0n) is 62.2. The fourth-order valence-electron chi connectivity index (χ4n) is 11.6. The van der Waals surface area contributed by atoms with E-state index in [0.29, 0.717) is 6.42 Å². The largest absolute Gasteiger partial charge is 0.390 e. The van der Waals surface area contributed by atoms with Crippen LogP contribution in [0.5, 0.6) is 0 Å². The molecule has 6 N–H and O–H groups in total. The van der Waals surface area contributed by atoms with Gasteiger partial charge in [-0.1, -0.05) is 146 Å². The number of hydrogen-bond donors (Lipinski definition) is 6. The number of rotatable bonds is 17. The summed E-state index contributed by atoms with van der Waals surface area (Å²) in [7, 11) is 9.92. The Morgan fingerprint density at radius 3 is 1.36 bits per heavy atom. The zero-order valence-corrected chi connectivity index (χ0v) is 62.2. The second-order valence-corrected chi connectivity index (χ2v) is 28.4. The highest BCUT2D eigenvalue weighted by Gasteiger charge is 2.46. The van der Waals surface area contributed by atoms with Crippen LogP contribution in [0.2, 0.25) is 0 Å². The SMILES string of the molecule is C/C=C/C[C@@H](C)[C@@H](O)[C@H]1C(=O)N[C@@H](CC)C(=O)N(C)CC(=O)N(C)[C@@H](CC(C)C)C(=O)N[C@@H](C(C)C)C(=O)N(C)[C@@H](CC(C)C)C(=O)N[C@@H](C)C(=O)N[C@H](C)C(=O)N(C)[C@@H](CC(C)C)C(=O)N(C)[C@@H](CC(C)C)C(=O)N(C)[C@@H](C(C)C)C(=O)N1C.CCC(O)c1ccccc1. The first-order valence-electron chi connectivity index (χ1n) is 34.1. The lowest BCUT2D eigenvalue weighted by Crippen LogP contribution is -2.63. The van der Waals surface area contributed by atoms with Crippen LogP contribution < -0.4 is 21.3 Å². The molecule has 540 valence electrons. The number of likely N-dealkylation sites (N-methyl/N-ethyl adjacent to an activating group) is 7. The molecule has 13 atom stereocenters. The average Bonchev–Trinajstić information content (AvgIpc) is 0.808. The van der Waals surface area contributed by atoms with Crippen molar-refractivity contribution in [2.45, 2.75) is 242 Å². The zero-order chi connectivity index (χ0) is 73.4. The van der Waals surface area contributed by atoms with Crippen LogP contribution in [-0.4, -0.2) is 232 Å². The number of hydrogen-bond acceptors (Lipinski definition) is 13. The van der Waals surface area contributed by atoms with Crippen LogP contribution >= 0.6 is 0 Å². The van der Waals surface area contributed by atoms with E-state index < -0.39 is 156 Å². The molecule has 1 heterocycles. The van der Waals surface area contributed by atoms with Crippen molar-refractivity contribution in [3.8, 4) is 0 Å². The predicted molar refractivity (Wildman–Crippen MR) is 370 cm³/mol. The van der Waals surface area contributed by atoms with E-state index in [0.717, 1.165) is 21.8 Å². The molecule has 0 bridgehead atoms. The van der Waals surface area contributed by atoms with Gasteiger partial charge in [-0.3, -0.25) is 52.7 Å².